The number of aromatic nitrogens is 3. The first-order valence-corrected chi connectivity index (χ1v) is 15.4. The smallest absolute Gasteiger partial charge is 0.325 e. The van der Waals surface area contributed by atoms with Crippen LogP contribution in [-0.2, 0) is 17.6 Å². The van der Waals surface area contributed by atoms with Gasteiger partial charge in [-0.15, -0.1) is 0 Å². The van der Waals surface area contributed by atoms with E-state index in [-0.39, 0.29) is 5.92 Å². The molecule has 220 valence electrons. The fourth-order valence-electron chi connectivity index (χ4n) is 7.26. The lowest BCUT2D eigenvalue weighted by Gasteiger charge is -2.26. The lowest BCUT2D eigenvalue weighted by atomic mass is 9.97. The van der Waals surface area contributed by atoms with Crippen molar-refractivity contribution in [2.75, 3.05) is 32.1 Å². The van der Waals surface area contributed by atoms with Gasteiger partial charge in [-0.2, -0.15) is 5.10 Å². The number of carbonyl (C=O) groups is 1. The molecule has 0 amide bonds. The summed E-state index contributed by atoms with van der Waals surface area (Å²) >= 11 is 0. The molecule has 1 aromatic carbocycles. The predicted octanol–water partition coefficient (Wildman–Crippen LogP) is 6.11. The highest BCUT2D eigenvalue weighted by atomic mass is 19.1. The number of para-hydroxylation sites is 1. The zero-order valence-electron chi connectivity index (χ0n) is 24.0. The number of likely N-dealkylation sites (tertiary alicyclic amines) is 1. The number of hydrogen-bond donors (Lipinski definition) is 2. The zero-order chi connectivity index (χ0) is 28.3. The first-order valence-electron chi connectivity index (χ1n) is 15.4. The Hall–Kier alpha value is -3.20. The summed E-state index contributed by atoms with van der Waals surface area (Å²) in [5.74, 6) is 0.786. The van der Waals surface area contributed by atoms with E-state index in [0.717, 1.165) is 90.8 Å². The van der Waals surface area contributed by atoms with Crippen LogP contribution in [0.5, 0.6) is 5.75 Å². The van der Waals surface area contributed by atoms with Crippen molar-refractivity contribution in [1.82, 2.24) is 19.7 Å². The molecule has 41 heavy (non-hydrogen) atoms. The fourth-order valence-corrected chi connectivity index (χ4v) is 7.26. The first kappa shape index (κ1) is 27.9. The molecule has 0 spiro atoms. The Labute approximate surface area is 241 Å². The van der Waals surface area contributed by atoms with Crippen LogP contribution < -0.4 is 10.1 Å². The second-order valence-electron chi connectivity index (χ2n) is 12.0. The maximum atomic E-state index is 15.5. The van der Waals surface area contributed by atoms with E-state index in [2.05, 4.69) is 15.1 Å². The van der Waals surface area contributed by atoms with E-state index in [0.29, 0.717) is 32.0 Å². The van der Waals surface area contributed by atoms with Gasteiger partial charge in [0.15, 0.2) is 0 Å². The molecule has 2 fully saturated rings. The number of alkyl halides is 1. The van der Waals surface area contributed by atoms with Crippen molar-refractivity contribution in [2.45, 2.75) is 88.9 Å². The average Bonchev–Trinajstić information content (AvgIpc) is 3.76. The monoisotopic (exact) mass is 563 g/mol. The Balaban J connectivity index is 1.07. The highest BCUT2D eigenvalue weighted by molar-refractivity contribution is 5.88. The number of carboxylic acids is 1. The number of hydrogen-bond acceptors (Lipinski definition) is 6. The number of nitrogens with zero attached hydrogens (tertiary/aromatic N) is 4. The van der Waals surface area contributed by atoms with E-state index in [9.17, 15) is 9.90 Å². The number of unbranched alkanes of at least 4 members (excludes halogenated alkanes) is 1. The summed E-state index contributed by atoms with van der Waals surface area (Å²) in [4.78, 5) is 19.4. The molecule has 1 saturated carbocycles. The van der Waals surface area contributed by atoms with Gasteiger partial charge in [-0.25, -0.2) is 9.37 Å². The molecule has 3 aromatic rings. The highest BCUT2D eigenvalue weighted by Gasteiger charge is 2.38. The second-order valence-corrected chi connectivity index (χ2v) is 12.0. The molecular formula is C32H42FN5O3. The third-order valence-electron chi connectivity index (χ3n) is 9.40. The third kappa shape index (κ3) is 5.78. The molecular weight excluding hydrogens is 521 g/mol. The van der Waals surface area contributed by atoms with Crippen molar-refractivity contribution in [1.29, 1.82) is 0 Å². The Morgan fingerprint density at radius 2 is 2.07 bits per heavy atom. The van der Waals surface area contributed by atoms with Gasteiger partial charge < -0.3 is 15.2 Å². The molecule has 0 radical (unpaired) electrons. The van der Waals surface area contributed by atoms with Crippen LogP contribution >= 0.6 is 0 Å². The number of ether oxygens (including phenoxy) is 1. The second kappa shape index (κ2) is 12.3. The number of benzene rings is 1. The van der Waals surface area contributed by atoms with Crippen molar-refractivity contribution in [3.05, 3.63) is 47.3 Å². The standard InChI is InChI=1S/C32H42FN5O3/c1-41-28-18-23(36-31-25(28)13-7-16-34-31)9-2-5-14-27(33)22-15-17-37(20-22)30(32(39)40)26-12-6-8-21-19-35-38(29(21)26)24-10-3-4-11-24/h6,8,12,18-19,22,24,27,30H,2-5,7,9-11,13-17,20H2,1H3,(H,34,36)(H,39,40)/t22-,27-,30-/m1/s1. The van der Waals surface area contributed by atoms with Gasteiger partial charge in [-0.3, -0.25) is 14.4 Å². The maximum Gasteiger partial charge on any atom is 0.325 e. The minimum absolute atomic E-state index is 0.151. The zero-order valence-corrected chi connectivity index (χ0v) is 24.0. The summed E-state index contributed by atoms with van der Waals surface area (Å²) < 4.78 is 23.1. The molecule has 2 N–H and O–H groups in total. The Kier molecular flexibility index (Phi) is 8.42. The normalized spacial score (nSPS) is 21.1. The third-order valence-corrected chi connectivity index (χ3v) is 9.40. The number of pyridine rings is 1. The molecule has 2 aromatic heterocycles. The number of carboxylic acid groups (broad SMARTS) is 1. The fraction of sp³-hybridized carbons (Fsp3) is 0.594. The molecule has 0 unspecified atom stereocenters. The van der Waals surface area contributed by atoms with Crippen LogP contribution in [0.15, 0.2) is 30.5 Å². The van der Waals surface area contributed by atoms with Gasteiger partial charge in [-0.1, -0.05) is 37.5 Å². The van der Waals surface area contributed by atoms with Gasteiger partial charge in [0.1, 0.15) is 23.8 Å². The quantitative estimate of drug-likeness (QED) is 0.272. The van der Waals surface area contributed by atoms with Crippen LogP contribution in [0.3, 0.4) is 0 Å². The van der Waals surface area contributed by atoms with Crippen LogP contribution in [0.4, 0.5) is 10.2 Å². The highest BCUT2D eigenvalue weighted by Crippen LogP contribution is 2.38. The molecule has 0 bridgehead atoms. The molecule has 1 aliphatic carbocycles. The number of rotatable bonds is 11. The number of aliphatic carboxylic acids is 1. The van der Waals surface area contributed by atoms with Gasteiger partial charge in [0.25, 0.3) is 0 Å². The summed E-state index contributed by atoms with van der Waals surface area (Å²) in [5, 5.41) is 19.4. The number of fused-ring (bicyclic) bond motifs is 2. The van der Waals surface area contributed by atoms with Crippen molar-refractivity contribution >= 4 is 22.7 Å². The van der Waals surface area contributed by atoms with Gasteiger partial charge in [0, 0.05) is 47.3 Å². The van der Waals surface area contributed by atoms with Crippen molar-refractivity contribution < 1.29 is 19.0 Å². The van der Waals surface area contributed by atoms with Crippen LogP contribution in [-0.4, -0.2) is 63.7 Å². The van der Waals surface area contributed by atoms with E-state index in [1.54, 1.807) is 7.11 Å². The van der Waals surface area contributed by atoms with Crippen LogP contribution in [0.1, 0.15) is 86.7 Å². The topological polar surface area (TPSA) is 92.5 Å². The predicted molar refractivity (Wildman–Crippen MR) is 157 cm³/mol. The lowest BCUT2D eigenvalue weighted by molar-refractivity contribution is -0.143. The van der Waals surface area contributed by atoms with Gasteiger partial charge in [-0.05, 0) is 57.9 Å². The number of aryl methyl sites for hydroxylation is 1. The first-order chi connectivity index (χ1) is 20.0. The Morgan fingerprint density at radius 3 is 2.88 bits per heavy atom. The van der Waals surface area contributed by atoms with E-state index < -0.39 is 18.2 Å². The van der Waals surface area contributed by atoms with Crippen molar-refractivity contribution in [3.63, 3.8) is 0 Å². The number of anilines is 1. The molecule has 4 heterocycles. The molecule has 3 atom stereocenters. The van der Waals surface area contributed by atoms with Crippen LogP contribution in [0.2, 0.25) is 0 Å². The average molecular weight is 564 g/mol. The summed E-state index contributed by atoms with van der Waals surface area (Å²) in [6.07, 6.45) is 11.1. The Morgan fingerprint density at radius 1 is 1.22 bits per heavy atom. The Bertz CT molecular complexity index is 1350. The van der Waals surface area contributed by atoms with E-state index in [4.69, 9.17) is 9.72 Å². The molecule has 6 rings (SSSR count). The minimum Gasteiger partial charge on any atom is -0.496 e. The molecule has 1 saturated heterocycles. The lowest BCUT2D eigenvalue weighted by Crippen LogP contribution is -2.34. The largest absolute Gasteiger partial charge is 0.496 e. The van der Waals surface area contributed by atoms with Crippen LogP contribution in [0, 0.1) is 5.92 Å². The minimum atomic E-state index is -0.943. The van der Waals surface area contributed by atoms with Crippen molar-refractivity contribution in [3.8, 4) is 5.75 Å². The molecule has 3 aliphatic rings. The number of nitrogens with one attached hydrogen (secondary N) is 1. The van der Waals surface area contributed by atoms with E-state index >= 15 is 4.39 Å². The number of methoxy groups -OCH3 is 1. The molecule has 9 heteroatoms. The van der Waals surface area contributed by atoms with Gasteiger partial charge >= 0.3 is 5.97 Å². The summed E-state index contributed by atoms with van der Waals surface area (Å²) in [5.41, 5.74) is 3.83. The maximum absolute atomic E-state index is 15.5. The summed E-state index contributed by atoms with van der Waals surface area (Å²) in [6.45, 7) is 1.97. The molecule has 2 aliphatic heterocycles. The van der Waals surface area contributed by atoms with Crippen molar-refractivity contribution in [2.24, 2.45) is 5.92 Å². The van der Waals surface area contributed by atoms with E-state index in [1.165, 1.54) is 12.8 Å². The van der Waals surface area contributed by atoms with Crippen LogP contribution in [0.25, 0.3) is 10.9 Å². The van der Waals surface area contributed by atoms with Gasteiger partial charge in [0.2, 0.25) is 0 Å². The van der Waals surface area contributed by atoms with Gasteiger partial charge in [0.05, 0.1) is 24.9 Å². The van der Waals surface area contributed by atoms with E-state index in [1.807, 2.05) is 35.4 Å². The number of halogens is 1. The SMILES string of the molecule is COc1cc(CCCC[C@@H](F)[C@@H]2CCN([C@@H](C(=O)O)c3cccc4cnn(C5CCCC5)c34)C2)nc2c1CCCN2. The molecule has 8 nitrogen and oxygen atoms in total. The summed E-state index contributed by atoms with van der Waals surface area (Å²) in [6, 6.07) is 7.40. The summed E-state index contributed by atoms with van der Waals surface area (Å²) in [7, 11) is 1.70.